The van der Waals surface area contributed by atoms with Crippen LogP contribution in [0.1, 0.15) is 31.6 Å². The first-order chi connectivity index (χ1) is 11.7. The number of hydrogen-bond acceptors (Lipinski definition) is 6. The number of carbonyl (C=O) groups excluding carboxylic acids is 1. The molecule has 1 aliphatic rings. The summed E-state index contributed by atoms with van der Waals surface area (Å²) in [6.07, 6.45) is 0.707. The molecule has 0 aliphatic carbocycles. The lowest BCUT2D eigenvalue weighted by atomic mass is 10.1. The zero-order chi connectivity index (χ0) is 16.9. The lowest BCUT2D eigenvalue weighted by molar-refractivity contribution is -0.123. The molecule has 2 N–H and O–H groups in total. The van der Waals surface area contributed by atoms with Gasteiger partial charge in [0.15, 0.2) is 5.82 Å². The van der Waals surface area contributed by atoms with Crippen molar-refractivity contribution in [2.45, 2.75) is 32.4 Å². The summed E-state index contributed by atoms with van der Waals surface area (Å²) in [6.45, 7) is 6.07. The van der Waals surface area contributed by atoms with Crippen molar-refractivity contribution in [1.82, 2.24) is 20.8 Å². The van der Waals surface area contributed by atoms with Crippen LogP contribution in [0.2, 0.25) is 0 Å². The molecule has 0 radical (unpaired) electrons. The zero-order valence-electron chi connectivity index (χ0n) is 14.0. The first kappa shape index (κ1) is 16.4. The highest BCUT2D eigenvalue weighted by Crippen LogP contribution is 2.19. The average molecular weight is 329 g/mol. The summed E-state index contributed by atoms with van der Waals surface area (Å²) in [7, 11) is 0. The lowest BCUT2D eigenvalue weighted by Crippen LogP contribution is -2.58. The van der Waals surface area contributed by atoms with Crippen LogP contribution in [0.3, 0.4) is 0 Å². The Hall–Kier alpha value is -2.41. The first-order valence-electron chi connectivity index (χ1n) is 8.34. The maximum absolute atomic E-state index is 12.8. The minimum atomic E-state index is -0.315. The van der Waals surface area contributed by atoms with Gasteiger partial charge in [0.05, 0.1) is 0 Å². The molecule has 7 heteroatoms. The fraction of sp³-hybridized carbons (Fsp3) is 0.471. The van der Waals surface area contributed by atoms with E-state index in [1.54, 1.807) is 0 Å². The summed E-state index contributed by atoms with van der Waals surface area (Å²) in [5.74, 6) is 1.04. The minimum absolute atomic E-state index is 0.0465. The highest BCUT2D eigenvalue weighted by molar-refractivity contribution is 5.86. The van der Waals surface area contributed by atoms with E-state index >= 15 is 0 Å². The molecule has 0 unspecified atom stereocenters. The van der Waals surface area contributed by atoms with E-state index in [0.717, 1.165) is 18.8 Å². The number of amides is 1. The lowest BCUT2D eigenvalue weighted by Gasteiger charge is -2.37. The van der Waals surface area contributed by atoms with Gasteiger partial charge in [0.1, 0.15) is 12.1 Å². The second kappa shape index (κ2) is 7.44. The number of nitrogens with one attached hydrogen (secondary N) is 2. The van der Waals surface area contributed by atoms with Crippen LogP contribution in [0.25, 0.3) is 0 Å². The molecule has 3 rings (SSSR count). The Kier molecular flexibility index (Phi) is 5.10. The summed E-state index contributed by atoms with van der Waals surface area (Å²) in [5.41, 5.74) is 1.05. The monoisotopic (exact) mass is 329 g/mol. The molecule has 128 valence electrons. The Morgan fingerprint density at radius 2 is 2.25 bits per heavy atom. The number of carbonyl (C=O) groups is 1. The number of para-hydroxylation sites is 1. The third kappa shape index (κ3) is 3.56. The summed E-state index contributed by atoms with van der Waals surface area (Å²) in [4.78, 5) is 19.2. The third-order valence-electron chi connectivity index (χ3n) is 4.16. The van der Waals surface area contributed by atoms with Gasteiger partial charge in [-0.05, 0) is 19.1 Å². The number of rotatable bonds is 5. The standard InChI is InChI=1S/C17H23N5O2/c1-3-15-20-17(24-21-15)12(2)19-16(23)14-11-18-9-10-22(14)13-7-5-4-6-8-13/h4-8,12,14,18H,3,9-11H2,1-2H3,(H,19,23)/t12-,14+/m0/s1. The average Bonchev–Trinajstić information content (AvgIpc) is 3.12. The van der Waals surface area contributed by atoms with E-state index in [1.807, 2.05) is 44.2 Å². The maximum atomic E-state index is 12.8. The van der Waals surface area contributed by atoms with Gasteiger partial charge < -0.3 is 20.1 Å². The van der Waals surface area contributed by atoms with E-state index in [1.165, 1.54) is 0 Å². The van der Waals surface area contributed by atoms with Gasteiger partial charge in [-0.2, -0.15) is 4.98 Å². The van der Waals surface area contributed by atoms with Crippen LogP contribution in [0.4, 0.5) is 5.69 Å². The van der Waals surface area contributed by atoms with Crippen LogP contribution in [0.5, 0.6) is 0 Å². The van der Waals surface area contributed by atoms with Crippen LogP contribution >= 0.6 is 0 Å². The molecule has 1 saturated heterocycles. The Morgan fingerprint density at radius 1 is 1.46 bits per heavy atom. The van der Waals surface area contributed by atoms with Gasteiger partial charge in [0.25, 0.3) is 0 Å². The molecule has 0 bridgehead atoms. The fourth-order valence-electron chi connectivity index (χ4n) is 2.83. The molecule has 2 aromatic rings. The molecule has 0 saturated carbocycles. The van der Waals surface area contributed by atoms with E-state index in [0.29, 0.717) is 24.7 Å². The molecular weight excluding hydrogens is 306 g/mol. The molecular formula is C17H23N5O2. The van der Waals surface area contributed by atoms with Crippen molar-refractivity contribution in [2.24, 2.45) is 0 Å². The highest BCUT2D eigenvalue weighted by atomic mass is 16.5. The first-order valence-corrected chi connectivity index (χ1v) is 8.34. The minimum Gasteiger partial charge on any atom is -0.357 e. The van der Waals surface area contributed by atoms with Crippen molar-refractivity contribution >= 4 is 11.6 Å². The summed E-state index contributed by atoms with van der Waals surface area (Å²) in [6, 6.07) is 9.42. The molecule has 1 aliphatic heterocycles. The third-order valence-corrected chi connectivity index (χ3v) is 4.16. The largest absolute Gasteiger partial charge is 0.357 e. The predicted octanol–water partition coefficient (Wildman–Crippen LogP) is 1.29. The van der Waals surface area contributed by atoms with Crippen molar-refractivity contribution in [3.63, 3.8) is 0 Å². The fourth-order valence-corrected chi connectivity index (χ4v) is 2.83. The van der Waals surface area contributed by atoms with Gasteiger partial charge in [0, 0.05) is 31.7 Å². The highest BCUT2D eigenvalue weighted by Gasteiger charge is 2.30. The summed E-state index contributed by atoms with van der Waals surface area (Å²) in [5, 5.41) is 10.2. The molecule has 2 heterocycles. The van der Waals surface area contributed by atoms with Crippen molar-refractivity contribution in [2.75, 3.05) is 24.5 Å². The molecule has 24 heavy (non-hydrogen) atoms. The number of anilines is 1. The van der Waals surface area contributed by atoms with Gasteiger partial charge in [-0.25, -0.2) is 0 Å². The molecule has 1 fully saturated rings. The Labute approximate surface area is 141 Å². The van der Waals surface area contributed by atoms with Crippen LogP contribution in [0, 0.1) is 0 Å². The van der Waals surface area contributed by atoms with Gasteiger partial charge in [0.2, 0.25) is 11.8 Å². The molecule has 1 amide bonds. The van der Waals surface area contributed by atoms with Crippen molar-refractivity contribution in [1.29, 1.82) is 0 Å². The van der Waals surface area contributed by atoms with Crippen molar-refractivity contribution < 1.29 is 9.32 Å². The quantitative estimate of drug-likeness (QED) is 0.860. The SMILES string of the molecule is CCc1noc([C@H](C)NC(=O)[C@H]2CNCCN2c2ccccc2)n1. The Balaban J connectivity index is 1.70. The molecule has 7 nitrogen and oxygen atoms in total. The van der Waals surface area contributed by atoms with Gasteiger partial charge in [-0.1, -0.05) is 30.3 Å². The van der Waals surface area contributed by atoms with Crippen molar-refractivity contribution in [3.8, 4) is 0 Å². The van der Waals surface area contributed by atoms with Crippen molar-refractivity contribution in [3.05, 3.63) is 42.0 Å². The van der Waals surface area contributed by atoms with Crippen LogP contribution < -0.4 is 15.5 Å². The predicted molar refractivity (Wildman–Crippen MR) is 90.7 cm³/mol. The molecule has 0 spiro atoms. The van der Waals surface area contributed by atoms with Crippen LogP contribution in [-0.4, -0.2) is 41.7 Å². The Bertz CT molecular complexity index is 673. The van der Waals surface area contributed by atoms with E-state index in [4.69, 9.17) is 4.52 Å². The Morgan fingerprint density at radius 3 is 2.96 bits per heavy atom. The molecule has 1 aromatic heterocycles. The number of aromatic nitrogens is 2. The van der Waals surface area contributed by atoms with Gasteiger partial charge >= 0.3 is 0 Å². The number of piperazine rings is 1. The molecule has 1 aromatic carbocycles. The normalized spacial score (nSPS) is 19.1. The topological polar surface area (TPSA) is 83.3 Å². The van der Waals surface area contributed by atoms with Gasteiger partial charge in [-0.15, -0.1) is 0 Å². The van der Waals surface area contributed by atoms with Crippen LogP contribution in [-0.2, 0) is 11.2 Å². The number of benzene rings is 1. The second-order valence-corrected chi connectivity index (χ2v) is 5.88. The summed E-state index contributed by atoms with van der Waals surface area (Å²) >= 11 is 0. The van der Waals surface area contributed by atoms with Gasteiger partial charge in [-0.3, -0.25) is 4.79 Å². The number of hydrogen-bond donors (Lipinski definition) is 2. The van der Waals surface area contributed by atoms with E-state index in [9.17, 15) is 4.79 Å². The van der Waals surface area contributed by atoms with E-state index in [2.05, 4.69) is 25.7 Å². The second-order valence-electron chi connectivity index (χ2n) is 5.88. The van der Waals surface area contributed by atoms with Crippen LogP contribution in [0.15, 0.2) is 34.9 Å². The molecule has 2 atom stereocenters. The van der Waals surface area contributed by atoms with E-state index < -0.39 is 0 Å². The van der Waals surface area contributed by atoms with E-state index in [-0.39, 0.29) is 18.0 Å². The number of nitrogens with zero attached hydrogens (tertiary/aromatic N) is 3. The number of aryl methyl sites for hydroxylation is 1. The zero-order valence-corrected chi connectivity index (χ0v) is 14.0. The maximum Gasteiger partial charge on any atom is 0.248 e. The smallest absolute Gasteiger partial charge is 0.248 e. The summed E-state index contributed by atoms with van der Waals surface area (Å²) < 4.78 is 5.21.